The Bertz CT molecular complexity index is 1140. The minimum atomic E-state index is -4.79. The van der Waals surface area contributed by atoms with Crippen molar-refractivity contribution in [1.29, 1.82) is 0 Å². The van der Waals surface area contributed by atoms with Crippen molar-refractivity contribution < 1.29 is 27.8 Å². The predicted molar refractivity (Wildman–Crippen MR) is 124 cm³/mol. The second-order valence-corrected chi connectivity index (χ2v) is 10.6. The largest absolute Gasteiger partial charge is 0.573 e. The van der Waals surface area contributed by atoms with Gasteiger partial charge in [0.25, 0.3) is 0 Å². The maximum absolute atomic E-state index is 13.1. The maximum atomic E-state index is 13.1. The molecule has 4 fully saturated rings. The molecule has 1 amide bonds. The molecule has 1 spiro atoms. The van der Waals surface area contributed by atoms with Crippen LogP contribution < -0.4 is 4.74 Å². The number of carbonyl (C=O) groups is 1. The quantitative estimate of drug-likeness (QED) is 0.568. The molecule has 186 valence electrons. The lowest BCUT2D eigenvalue weighted by Crippen LogP contribution is -2.60. The van der Waals surface area contributed by atoms with Crippen LogP contribution in [0.4, 0.5) is 18.0 Å². The van der Waals surface area contributed by atoms with E-state index in [2.05, 4.69) is 9.64 Å². The lowest BCUT2D eigenvalue weighted by molar-refractivity contribution is -0.274. The van der Waals surface area contributed by atoms with Crippen LogP contribution >= 0.6 is 0 Å². The summed E-state index contributed by atoms with van der Waals surface area (Å²) in [6, 6.07) is 11.5. The minimum Gasteiger partial charge on any atom is -0.465 e. The Balaban J connectivity index is 1.43. The van der Waals surface area contributed by atoms with E-state index >= 15 is 0 Å². The van der Waals surface area contributed by atoms with Crippen molar-refractivity contribution in [1.82, 2.24) is 9.80 Å². The number of halogens is 3. The van der Waals surface area contributed by atoms with Gasteiger partial charge in [0.15, 0.2) is 0 Å². The number of nitrogens with zero attached hydrogens (tertiary/aromatic N) is 2. The number of alkyl halides is 3. The summed E-state index contributed by atoms with van der Waals surface area (Å²) in [5.74, 6) is 0.113. The van der Waals surface area contributed by atoms with Gasteiger partial charge in [0.1, 0.15) is 5.75 Å². The molecule has 8 heteroatoms. The normalized spacial score (nSPS) is 28.4. The fourth-order valence-electron chi connectivity index (χ4n) is 6.84. The first kappa shape index (κ1) is 22.7. The minimum absolute atomic E-state index is 0.0482. The second kappa shape index (κ2) is 8.15. The van der Waals surface area contributed by atoms with E-state index in [0.29, 0.717) is 17.0 Å². The maximum Gasteiger partial charge on any atom is 0.573 e. The number of carboxylic acid groups (broad SMARTS) is 1. The van der Waals surface area contributed by atoms with Crippen LogP contribution in [-0.2, 0) is 6.42 Å². The number of benzene rings is 2. The third-order valence-electron chi connectivity index (χ3n) is 8.71. The van der Waals surface area contributed by atoms with Gasteiger partial charge in [-0.05, 0) is 91.8 Å². The number of ether oxygens (including phenoxy) is 1. The smallest absolute Gasteiger partial charge is 0.465 e. The van der Waals surface area contributed by atoms with Gasteiger partial charge >= 0.3 is 12.5 Å². The lowest BCUT2D eigenvalue weighted by atomic mass is 9.73. The SMILES string of the molecule is O=C(O)N(C1c2cc(-c3ccccc3OC(F)(F)F)ccc2CCC12CC2)[C@@H]1CN2CCC1CC2. The zero-order valence-corrected chi connectivity index (χ0v) is 19.4. The van der Waals surface area contributed by atoms with Gasteiger partial charge in [0, 0.05) is 12.1 Å². The van der Waals surface area contributed by atoms with Gasteiger partial charge in [-0.25, -0.2) is 4.79 Å². The summed E-state index contributed by atoms with van der Waals surface area (Å²) in [5.41, 5.74) is 2.94. The summed E-state index contributed by atoms with van der Waals surface area (Å²) in [7, 11) is 0. The van der Waals surface area contributed by atoms with Crippen molar-refractivity contribution in [2.24, 2.45) is 11.3 Å². The van der Waals surface area contributed by atoms with Gasteiger partial charge in [-0.1, -0.05) is 30.3 Å². The first-order chi connectivity index (χ1) is 16.7. The zero-order chi connectivity index (χ0) is 24.4. The number of hydrogen-bond donors (Lipinski definition) is 1. The van der Waals surface area contributed by atoms with Gasteiger partial charge in [-0.15, -0.1) is 13.2 Å². The molecule has 1 N–H and O–H groups in total. The molecule has 3 heterocycles. The third-order valence-corrected chi connectivity index (χ3v) is 8.71. The van der Waals surface area contributed by atoms with E-state index in [0.717, 1.165) is 69.3 Å². The molecule has 35 heavy (non-hydrogen) atoms. The van der Waals surface area contributed by atoms with E-state index < -0.39 is 12.5 Å². The van der Waals surface area contributed by atoms with Gasteiger partial charge in [-0.3, -0.25) is 4.90 Å². The van der Waals surface area contributed by atoms with Crippen LogP contribution in [0.3, 0.4) is 0 Å². The molecule has 7 rings (SSSR count). The van der Waals surface area contributed by atoms with Crippen LogP contribution in [0, 0.1) is 11.3 Å². The highest BCUT2D eigenvalue weighted by atomic mass is 19.4. The van der Waals surface area contributed by atoms with Gasteiger partial charge < -0.3 is 14.7 Å². The number of aryl methyl sites for hydroxylation is 1. The fraction of sp³-hybridized carbons (Fsp3) is 0.519. The Morgan fingerprint density at radius 3 is 2.46 bits per heavy atom. The molecule has 1 saturated carbocycles. The fourth-order valence-corrected chi connectivity index (χ4v) is 6.84. The van der Waals surface area contributed by atoms with E-state index in [-0.39, 0.29) is 23.2 Å². The molecule has 2 aromatic rings. The Morgan fingerprint density at radius 2 is 1.83 bits per heavy atom. The van der Waals surface area contributed by atoms with Crippen LogP contribution in [0.2, 0.25) is 0 Å². The molecule has 5 nitrogen and oxygen atoms in total. The number of piperidine rings is 3. The summed E-state index contributed by atoms with van der Waals surface area (Å²) < 4.78 is 43.5. The molecule has 2 aromatic carbocycles. The zero-order valence-electron chi connectivity index (χ0n) is 19.4. The van der Waals surface area contributed by atoms with Gasteiger partial charge in [0.05, 0.1) is 12.1 Å². The van der Waals surface area contributed by atoms with E-state index in [1.165, 1.54) is 12.1 Å². The summed E-state index contributed by atoms with van der Waals surface area (Å²) >= 11 is 0. The highest BCUT2D eigenvalue weighted by Crippen LogP contribution is 2.64. The van der Waals surface area contributed by atoms with Crippen molar-refractivity contribution >= 4 is 6.09 Å². The standard InChI is InChI=1S/C27H29F3N2O3/c28-27(29,30)35-23-4-2-1-3-20(23)19-6-5-17-7-10-26(11-12-26)24(21(17)15-19)32(25(33)34)22-16-31-13-8-18(22)9-14-31/h1-6,15,18,22,24H,7-14,16H2,(H,33,34)/t22-,24?/m1/s1. The molecule has 0 radical (unpaired) electrons. The molecular weight excluding hydrogens is 457 g/mol. The number of rotatable bonds is 4. The molecule has 2 aliphatic carbocycles. The van der Waals surface area contributed by atoms with Crippen molar-refractivity contribution in [3.63, 3.8) is 0 Å². The molecule has 3 saturated heterocycles. The monoisotopic (exact) mass is 486 g/mol. The van der Waals surface area contributed by atoms with Crippen LogP contribution in [0.15, 0.2) is 42.5 Å². The van der Waals surface area contributed by atoms with Crippen molar-refractivity contribution in [2.45, 2.75) is 57.0 Å². The first-order valence-corrected chi connectivity index (χ1v) is 12.5. The van der Waals surface area contributed by atoms with Crippen molar-refractivity contribution in [3.05, 3.63) is 53.6 Å². The predicted octanol–water partition coefficient (Wildman–Crippen LogP) is 6.09. The molecule has 2 atom stereocenters. The molecule has 5 aliphatic rings. The first-order valence-electron chi connectivity index (χ1n) is 12.5. The Kier molecular flexibility index (Phi) is 5.29. The van der Waals surface area contributed by atoms with Gasteiger partial charge in [0.2, 0.25) is 0 Å². The topological polar surface area (TPSA) is 53.0 Å². The highest BCUT2D eigenvalue weighted by molar-refractivity contribution is 5.73. The van der Waals surface area contributed by atoms with E-state index in [4.69, 9.17) is 0 Å². The van der Waals surface area contributed by atoms with Crippen molar-refractivity contribution in [3.8, 4) is 16.9 Å². The van der Waals surface area contributed by atoms with Crippen LogP contribution in [-0.4, -0.2) is 53.0 Å². The van der Waals surface area contributed by atoms with Crippen LogP contribution in [0.25, 0.3) is 11.1 Å². The number of para-hydroxylation sites is 1. The van der Waals surface area contributed by atoms with Crippen LogP contribution in [0.5, 0.6) is 5.75 Å². The Labute approximate surface area is 202 Å². The third kappa shape index (κ3) is 4.05. The lowest BCUT2D eigenvalue weighted by Gasteiger charge is -2.52. The van der Waals surface area contributed by atoms with Crippen LogP contribution in [0.1, 0.15) is 49.3 Å². The Hall–Kier alpha value is -2.74. The number of fused-ring (bicyclic) bond motifs is 4. The molecule has 1 unspecified atom stereocenters. The second-order valence-electron chi connectivity index (χ2n) is 10.6. The molecule has 2 bridgehead atoms. The summed E-state index contributed by atoms with van der Waals surface area (Å²) in [6.45, 7) is 2.82. The van der Waals surface area contributed by atoms with E-state index in [1.807, 2.05) is 18.2 Å². The molecule has 3 aliphatic heterocycles. The van der Waals surface area contributed by atoms with Gasteiger partial charge in [-0.2, -0.15) is 0 Å². The molecule has 0 aromatic heterocycles. The number of amides is 1. The van der Waals surface area contributed by atoms with E-state index in [9.17, 15) is 23.1 Å². The average molecular weight is 487 g/mol. The summed E-state index contributed by atoms with van der Waals surface area (Å²) in [4.78, 5) is 16.9. The molecular formula is C27H29F3N2O3. The average Bonchev–Trinajstić information content (AvgIpc) is 3.60. The summed E-state index contributed by atoms with van der Waals surface area (Å²) in [5, 5.41) is 10.5. The highest BCUT2D eigenvalue weighted by Gasteiger charge is 2.57. The Morgan fingerprint density at radius 1 is 1.09 bits per heavy atom. The summed E-state index contributed by atoms with van der Waals surface area (Å²) in [6.07, 6.45) is 0.134. The van der Waals surface area contributed by atoms with Crippen molar-refractivity contribution in [2.75, 3.05) is 19.6 Å². The van der Waals surface area contributed by atoms with E-state index in [1.54, 1.807) is 17.0 Å². The number of hydrogen-bond acceptors (Lipinski definition) is 3.